The molecule has 0 radical (unpaired) electrons. The number of nitrogens with zero attached hydrogens (tertiary/aromatic N) is 1. The molecular weight excluding hydrogens is 204 g/mol. The third-order valence-corrected chi connectivity index (χ3v) is 4.14. The van der Waals surface area contributed by atoms with E-state index in [2.05, 4.69) is 22.6 Å². The number of hydrogen-bond acceptors (Lipinski definition) is 3. The Morgan fingerprint density at radius 2 is 2.27 bits per heavy atom. The molecule has 1 aliphatic rings. The molecule has 2 nitrogen and oxygen atoms in total. The van der Waals surface area contributed by atoms with E-state index >= 15 is 0 Å². The molecule has 1 saturated carbocycles. The zero-order valence-corrected chi connectivity index (χ0v) is 9.39. The Morgan fingerprint density at radius 3 is 3.07 bits per heavy atom. The highest BCUT2D eigenvalue weighted by molar-refractivity contribution is 7.13. The van der Waals surface area contributed by atoms with Crippen molar-refractivity contribution < 1.29 is 0 Å². The van der Waals surface area contributed by atoms with Crippen LogP contribution in [-0.4, -0.2) is 9.91 Å². The standard InChI is InChI=1S/C12H14N2S/c13-12(6-7-12)5-4-9-2-1-3-10-8-14-15-11(9)10/h1-3,8H,4-7,13H2. The Morgan fingerprint density at radius 1 is 1.40 bits per heavy atom. The summed E-state index contributed by atoms with van der Waals surface area (Å²) in [6, 6.07) is 6.44. The maximum atomic E-state index is 6.10. The second kappa shape index (κ2) is 3.29. The molecule has 1 aliphatic carbocycles. The van der Waals surface area contributed by atoms with Crippen LogP contribution in [0, 0.1) is 0 Å². The van der Waals surface area contributed by atoms with Crippen LogP contribution < -0.4 is 5.73 Å². The molecule has 3 rings (SSSR count). The van der Waals surface area contributed by atoms with Gasteiger partial charge in [-0.15, -0.1) is 0 Å². The number of aromatic nitrogens is 1. The van der Waals surface area contributed by atoms with E-state index in [1.165, 1.54) is 28.5 Å². The fraction of sp³-hybridized carbons (Fsp3) is 0.417. The zero-order chi connectivity index (χ0) is 10.3. The molecule has 1 fully saturated rings. The van der Waals surface area contributed by atoms with Gasteiger partial charge in [-0.1, -0.05) is 18.2 Å². The molecule has 0 bridgehead atoms. The van der Waals surface area contributed by atoms with Crippen LogP contribution >= 0.6 is 11.5 Å². The molecule has 1 aromatic heterocycles. The third-order valence-electron chi connectivity index (χ3n) is 3.25. The van der Waals surface area contributed by atoms with Crippen LogP contribution in [0.3, 0.4) is 0 Å². The monoisotopic (exact) mass is 218 g/mol. The van der Waals surface area contributed by atoms with Gasteiger partial charge in [0.1, 0.15) is 0 Å². The predicted molar refractivity (Wildman–Crippen MR) is 64.1 cm³/mol. The van der Waals surface area contributed by atoms with Crippen LogP contribution in [0.1, 0.15) is 24.8 Å². The minimum absolute atomic E-state index is 0.160. The second-order valence-corrected chi connectivity index (χ2v) is 5.33. The molecule has 0 atom stereocenters. The molecule has 0 spiro atoms. The maximum Gasteiger partial charge on any atom is 0.0581 e. The highest BCUT2D eigenvalue weighted by Gasteiger charge is 2.37. The lowest BCUT2D eigenvalue weighted by Crippen LogP contribution is -2.22. The summed E-state index contributed by atoms with van der Waals surface area (Å²) >= 11 is 1.59. The topological polar surface area (TPSA) is 38.9 Å². The fourth-order valence-corrected chi connectivity index (χ4v) is 2.73. The first-order chi connectivity index (χ1) is 7.27. The quantitative estimate of drug-likeness (QED) is 0.860. The highest BCUT2D eigenvalue weighted by Crippen LogP contribution is 2.37. The summed E-state index contributed by atoms with van der Waals surface area (Å²) in [5, 5.41) is 1.26. The molecule has 0 saturated heterocycles. The van der Waals surface area contributed by atoms with Crippen molar-refractivity contribution in [2.75, 3.05) is 0 Å². The number of fused-ring (bicyclic) bond motifs is 1. The number of hydrogen-bond donors (Lipinski definition) is 1. The van der Waals surface area contributed by atoms with Gasteiger partial charge in [-0.25, -0.2) is 0 Å². The Hall–Kier alpha value is -0.930. The van der Waals surface area contributed by atoms with Crippen LogP contribution in [-0.2, 0) is 6.42 Å². The van der Waals surface area contributed by atoms with E-state index in [9.17, 15) is 0 Å². The van der Waals surface area contributed by atoms with Gasteiger partial charge in [-0.05, 0) is 42.8 Å². The third kappa shape index (κ3) is 1.77. The summed E-state index contributed by atoms with van der Waals surface area (Å²) < 4.78 is 5.57. The average molecular weight is 218 g/mol. The van der Waals surface area contributed by atoms with Crippen molar-refractivity contribution in [1.29, 1.82) is 0 Å². The Balaban J connectivity index is 1.86. The number of benzene rings is 1. The molecular formula is C12H14N2S. The van der Waals surface area contributed by atoms with E-state index in [1.807, 2.05) is 6.20 Å². The van der Waals surface area contributed by atoms with E-state index in [1.54, 1.807) is 11.5 Å². The van der Waals surface area contributed by atoms with Gasteiger partial charge in [-0.2, -0.15) is 4.37 Å². The average Bonchev–Trinajstić information content (AvgIpc) is 2.80. The minimum Gasteiger partial charge on any atom is -0.325 e. The van der Waals surface area contributed by atoms with Gasteiger partial charge in [0, 0.05) is 17.1 Å². The van der Waals surface area contributed by atoms with Crippen LogP contribution in [0.15, 0.2) is 24.4 Å². The first-order valence-electron chi connectivity index (χ1n) is 5.38. The zero-order valence-electron chi connectivity index (χ0n) is 8.57. The Bertz CT molecular complexity index is 485. The van der Waals surface area contributed by atoms with Crippen molar-refractivity contribution in [1.82, 2.24) is 4.37 Å². The van der Waals surface area contributed by atoms with E-state index in [4.69, 9.17) is 5.73 Å². The summed E-state index contributed by atoms with van der Waals surface area (Å²) in [6.07, 6.45) is 6.55. The number of nitrogens with two attached hydrogens (primary N) is 1. The number of rotatable bonds is 3. The van der Waals surface area contributed by atoms with Gasteiger partial charge in [0.15, 0.2) is 0 Å². The normalized spacial score (nSPS) is 18.2. The van der Waals surface area contributed by atoms with Crippen molar-refractivity contribution in [2.24, 2.45) is 5.73 Å². The lowest BCUT2D eigenvalue weighted by molar-refractivity contribution is 0.611. The van der Waals surface area contributed by atoms with E-state index in [-0.39, 0.29) is 5.54 Å². The lowest BCUT2D eigenvalue weighted by atomic mass is 10.0. The summed E-state index contributed by atoms with van der Waals surface area (Å²) in [5.41, 5.74) is 7.67. The van der Waals surface area contributed by atoms with Gasteiger partial charge >= 0.3 is 0 Å². The van der Waals surface area contributed by atoms with Crippen LogP contribution in [0.2, 0.25) is 0 Å². The molecule has 2 N–H and O–H groups in total. The predicted octanol–water partition coefficient (Wildman–Crippen LogP) is 2.72. The molecule has 15 heavy (non-hydrogen) atoms. The molecule has 78 valence electrons. The summed E-state index contributed by atoms with van der Waals surface area (Å²) in [4.78, 5) is 0. The second-order valence-electron chi connectivity index (χ2n) is 4.52. The van der Waals surface area contributed by atoms with Crippen molar-refractivity contribution in [3.63, 3.8) is 0 Å². The SMILES string of the molecule is NC1(CCc2cccc3cnsc23)CC1. The van der Waals surface area contributed by atoms with E-state index < -0.39 is 0 Å². The Kier molecular flexibility index (Phi) is 2.04. The van der Waals surface area contributed by atoms with Gasteiger partial charge < -0.3 is 5.73 Å². The summed E-state index contributed by atoms with van der Waals surface area (Å²) in [5.74, 6) is 0. The van der Waals surface area contributed by atoms with Gasteiger partial charge in [-0.3, -0.25) is 0 Å². The fourth-order valence-electron chi connectivity index (χ4n) is 1.94. The van der Waals surface area contributed by atoms with Gasteiger partial charge in [0.05, 0.1) is 4.70 Å². The summed E-state index contributed by atoms with van der Waals surface area (Å²) in [7, 11) is 0. The molecule has 0 unspecified atom stereocenters. The summed E-state index contributed by atoms with van der Waals surface area (Å²) in [6.45, 7) is 0. The van der Waals surface area contributed by atoms with Crippen molar-refractivity contribution in [3.05, 3.63) is 30.0 Å². The van der Waals surface area contributed by atoms with E-state index in [0.29, 0.717) is 0 Å². The lowest BCUT2D eigenvalue weighted by Gasteiger charge is -2.08. The Labute approximate surface area is 93.3 Å². The van der Waals surface area contributed by atoms with Crippen LogP contribution in [0.5, 0.6) is 0 Å². The maximum absolute atomic E-state index is 6.10. The molecule has 2 aromatic rings. The van der Waals surface area contributed by atoms with Crippen LogP contribution in [0.25, 0.3) is 10.1 Å². The van der Waals surface area contributed by atoms with Crippen LogP contribution in [0.4, 0.5) is 0 Å². The highest BCUT2D eigenvalue weighted by atomic mass is 32.1. The minimum atomic E-state index is 0.160. The van der Waals surface area contributed by atoms with Crippen molar-refractivity contribution in [2.45, 2.75) is 31.2 Å². The van der Waals surface area contributed by atoms with Crippen molar-refractivity contribution >= 4 is 21.6 Å². The molecule has 0 aliphatic heterocycles. The number of aryl methyl sites for hydroxylation is 1. The molecule has 1 heterocycles. The smallest absolute Gasteiger partial charge is 0.0581 e. The molecule has 1 aromatic carbocycles. The molecule has 3 heteroatoms. The van der Waals surface area contributed by atoms with Gasteiger partial charge in [0.2, 0.25) is 0 Å². The van der Waals surface area contributed by atoms with E-state index in [0.717, 1.165) is 12.8 Å². The molecule has 0 amide bonds. The van der Waals surface area contributed by atoms with Crippen molar-refractivity contribution in [3.8, 4) is 0 Å². The first-order valence-corrected chi connectivity index (χ1v) is 6.15. The van der Waals surface area contributed by atoms with Gasteiger partial charge in [0.25, 0.3) is 0 Å². The largest absolute Gasteiger partial charge is 0.325 e. The first kappa shape index (κ1) is 9.31.